The zero-order valence-corrected chi connectivity index (χ0v) is 9.95. The van der Waals surface area contributed by atoms with Crippen LogP contribution in [0.5, 0.6) is 0 Å². The standard InChI is InChI=1S/C13H22N2O/c16-13(11-2-1-7-14-8-11)15(12-5-6-12)9-10-3-4-10/h10-12,14H,1-9H2. The molecule has 3 nitrogen and oxygen atoms in total. The molecule has 0 aromatic carbocycles. The van der Waals surface area contributed by atoms with Gasteiger partial charge in [0.05, 0.1) is 5.92 Å². The van der Waals surface area contributed by atoms with Gasteiger partial charge in [0.1, 0.15) is 0 Å². The van der Waals surface area contributed by atoms with Gasteiger partial charge in [-0.05, 0) is 51.0 Å². The van der Waals surface area contributed by atoms with Crippen molar-refractivity contribution in [2.75, 3.05) is 19.6 Å². The van der Waals surface area contributed by atoms with Crippen molar-refractivity contribution in [3.05, 3.63) is 0 Å². The minimum atomic E-state index is 0.271. The zero-order valence-electron chi connectivity index (χ0n) is 9.95. The van der Waals surface area contributed by atoms with Gasteiger partial charge in [0.15, 0.2) is 0 Å². The number of carbonyl (C=O) groups is 1. The van der Waals surface area contributed by atoms with E-state index < -0.39 is 0 Å². The van der Waals surface area contributed by atoms with E-state index in [1.807, 2.05) is 0 Å². The van der Waals surface area contributed by atoms with Crippen LogP contribution in [0.4, 0.5) is 0 Å². The molecule has 1 heterocycles. The van der Waals surface area contributed by atoms with Crippen molar-refractivity contribution in [1.82, 2.24) is 10.2 Å². The van der Waals surface area contributed by atoms with Crippen molar-refractivity contribution in [3.63, 3.8) is 0 Å². The predicted molar refractivity (Wildman–Crippen MR) is 63.1 cm³/mol. The summed E-state index contributed by atoms with van der Waals surface area (Å²) in [4.78, 5) is 14.6. The third kappa shape index (κ3) is 2.40. The van der Waals surface area contributed by atoms with Crippen LogP contribution in [-0.2, 0) is 4.79 Å². The van der Waals surface area contributed by atoms with Gasteiger partial charge in [-0.15, -0.1) is 0 Å². The number of carbonyl (C=O) groups excluding carboxylic acids is 1. The second-order valence-corrected chi connectivity index (χ2v) is 5.71. The first-order chi connectivity index (χ1) is 7.84. The fraction of sp³-hybridized carbons (Fsp3) is 0.923. The molecule has 1 amide bonds. The summed E-state index contributed by atoms with van der Waals surface area (Å²) < 4.78 is 0. The molecule has 0 bridgehead atoms. The number of rotatable bonds is 4. The lowest BCUT2D eigenvalue weighted by Crippen LogP contribution is -2.44. The van der Waals surface area contributed by atoms with E-state index in [4.69, 9.17) is 0 Å². The SMILES string of the molecule is O=C(C1CCCNC1)N(CC1CC1)C1CC1. The van der Waals surface area contributed by atoms with Gasteiger partial charge in [0.2, 0.25) is 5.91 Å². The van der Waals surface area contributed by atoms with Gasteiger partial charge in [-0.1, -0.05) is 0 Å². The van der Waals surface area contributed by atoms with Crippen LogP contribution in [0, 0.1) is 11.8 Å². The summed E-state index contributed by atoms with van der Waals surface area (Å²) in [6, 6.07) is 0.607. The Labute approximate surface area is 97.6 Å². The minimum Gasteiger partial charge on any atom is -0.339 e. The Morgan fingerprint density at radius 1 is 1.19 bits per heavy atom. The molecule has 3 fully saturated rings. The smallest absolute Gasteiger partial charge is 0.227 e. The second kappa shape index (κ2) is 4.36. The van der Waals surface area contributed by atoms with Gasteiger partial charge in [-0.3, -0.25) is 4.79 Å². The van der Waals surface area contributed by atoms with Crippen molar-refractivity contribution in [1.29, 1.82) is 0 Å². The largest absolute Gasteiger partial charge is 0.339 e. The molecule has 90 valence electrons. The fourth-order valence-electron chi connectivity index (χ4n) is 2.68. The summed E-state index contributed by atoms with van der Waals surface area (Å²) >= 11 is 0. The molecule has 0 aromatic rings. The minimum absolute atomic E-state index is 0.271. The van der Waals surface area contributed by atoms with Gasteiger partial charge in [-0.25, -0.2) is 0 Å². The van der Waals surface area contributed by atoms with Crippen molar-refractivity contribution < 1.29 is 4.79 Å². The van der Waals surface area contributed by atoms with Gasteiger partial charge in [0.25, 0.3) is 0 Å². The molecule has 1 saturated heterocycles. The van der Waals surface area contributed by atoms with E-state index in [2.05, 4.69) is 10.2 Å². The first kappa shape index (κ1) is 10.6. The van der Waals surface area contributed by atoms with E-state index in [-0.39, 0.29) is 5.92 Å². The average Bonchev–Trinajstić information content (AvgIpc) is 3.16. The summed E-state index contributed by atoms with van der Waals surface area (Å²) in [5, 5.41) is 3.35. The summed E-state index contributed by atoms with van der Waals surface area (Å²) in [5.74, 6) is 1.55. The molecule has 1 aliphatic heterocycles. The normalized spacial score (nSPS) is 30.1. The highest BCUT2D eigenvalue weighted by Crippen LogP contribution is 2.36. The van der Waals surface area contributed by atoms with Gasteiger partial charge >= 0.3 is 0 Å². The monoisotopic (exact) mass is 222 g/mol. The molecule has 0 spiro atoms. The summed E-state index contributed by atoms with van der Waals surface area (Å²) in [7, 11) is 0. The number of amides is 1. The maximum absolute atomic E-state index is 12.4. The predicted octanol–water partition coefficient (Wildman–Crippen LogP) is 1.39. The summed E-state index contributed by atoms with van der Waals surface area (Å²) in [5.41, 5.74) is 0. The Bertz CT molecular complexity index is 265. The Morgan fingerprint density at radius 3 is 2.56 bits per heavy atom. The van der Waals surface area contributed by atoms with Crippen LogP contribution < -0.4 is 5.32 Å². The lowest BCUT2D eigenvalue weighted by molar-refractivity contribution is -0.137. The second-order valence-electron chi connectivity index (χ2n) is 5.71. The number of piperidine rings is 1. The van der Waals surface area contributed by atoms with Gasteiger partial charge in [-0.2, -0.15) is 0 Å². The van der Waals surface area contributed by atoms with Crippen molar-refractivity contribution in [2.45, 2.75) is 44.6 Å². The molecule has 2 aliphatic carbocycles. The highest BCUT2D eigenvalue weighted by molar-refractivity contribution is 5.80. The molecule has 1 atom stereocenters. The Balaban J connectivity index is 1.59. The summed E-state index contributed by atoms with van der Waals surface area (Å²) in [6.07, 6.45) is 7.45. The van der Waals surface area contributed by atoms with Crippen LogP contribution in [0.2, 0.25) is 0 Å². The fourth-order valence-corrected chi connectivity index (χ4v) is 2.68. The van der Waals surface area contributed by atoms with E-state index >= 15 is 0 Å². The van der Waals surface area contributed by atoms with E-state index in [9.17, 15) is 4.79 Å². The summed E-state index contributed by atoms with van der Waals surface area (Å²) in [6.45, 7) is 3.06. The van der Waals surface area contributed by atoms with Crippen LogP contribution in [0.25, 0.3) is 0 Å². The first-order valence-corrected chi connectivity index (χ1v) is 6.86. The van der Waals surface area contributed by atoms with Crippen molar-refractivity contribution >= 4 is 5.91 Å². The average molecular weight is 222 g/mol. The molecule has 1 unspecified atom stereocenters. The Kier molecular flexibility index (Phi) is 2.88. The van der Waals surface area contributed by atoms with Crippen molar-refractivity contribution in [3.8, 4) is 0 Å². The van der Waals surface area contributed by atoms with Crippen LogP contribution in [0.1, 0.15) is 38.5 Å². The topological polar surface area (TPSA) is 32.3 Å². The molecule has 16 heavy (non-hydrogen) atoms. The van der Waals surface area contributed by atoms with E-state index in [1.54, 1.807) is 0 Å². The van der Waals surface area contributed by atoms with E-state index in [0.717, 1.165) is 32.0 Å². The molecule has 2 saturated carbocycles. The maximum atomic E-state index is 12.4. The molecular weight excluding hydrogens is 200 g/mol. The lowest BCUT2D eigenvalue weighted by Gasteiger charge is -2.30. The molecule has 3 aliphatic rings. The third-order valence-electron chi connectivity index (χ3n) is 4.07. The van der Waals surface area contributed by atoms with Crippen LogP contribution in [0.3, 0.4) is 0 Å². The lowest BCUT2D eigenvalue weighted by atomic mass is 9.98. The molecular formula is C13H22N2O. The molecule has 1 N–H and O–H groups in total. The quantitative estimate of drug-likeness (QED) is 0.779. The number of hydrogen-bond acceptors (Lipinski definition) is 2. The molecule has 3 rings (SSSR count). The molecule has 0 aromatic heterocycles. The third-order valence-corrected chi connectivity index (χ3v) is 4.07. The first-order valence-electron chi connectivity index (χ1n) is 6.86. The van der Waals surface area contributed by atoms with Crippen LogP contribution in [-0.4, -0.2) is 36.5 Å². The zero-order chi connectivity index (χ0) is 11.0. The number of nitrogens with one attached hydrogen (secondary N) is 1. The van der Waals surface area contributed by atoms with Gasteiger partial charge < -0.3 is 10.2 Å². The molecule has 3 heteroatoms. The number of hydrogen-bond donors (Lipinski definition) is 1. The number of nitrogens with zero attached hydrogens (tertiary/aromatic N) is 1. The van der Waals surface area contributed by atoms with E-state index in [1.165, 1.54) is 32.1 Å². The highest BCUT2D eigenvalue weighted by Gasteiger charge is 2.38. The van der Waals surface area contributed by atoms with Gasteiger partial charge in [0, 0.05) is 19.1 Å². The Morgan fingerprint density at radius 2 is 2.00 bits per heavy atom. The molecule has 0 radical (unpaired) electrons. The maximum Gasteiger partial charge on any atom is 0.227 e. The Hall–Kier alpha value is -0.570. The van der Waals surface area contributed by atoms with Crippen molar-refractivity contribution in [2.24, 2.45) is 11.8 Å². The van der Waals surface area contributed by atoms with E-state index in [0.29, 0.717) is 11.9 Å². The highest BCUT2D eigenvalue weighted by atomic mass is 16.2. The van der Waals surface area contributed by atoms with Crippen LogP contribution >= 0.6 is 0 Å². The van der Waals surface area contributed by atoms with Crippen LogP contribution in [0.15, 0.2) is 0 Å².